The van der Waals surface area contributed by atoms with E-state index in [1.807, 2.05) is 30.1 Å². The Labute approximate surface area is 193 Å². The molecule has 0 N–H and O–H groups in total. The number of halogens is 1. The number of hydrogen-bond acceptors (Lipinski definition) is 4. The molecule has 0 unspecified atom stereocenters. The third-order valence-corrected chi connectivity index (χ3v) is 6.63. The predicted octanol–water partition coefficient (Wildman–Crippen LogP) is 5.56. The lowest BCUT2D eigenvalue weighted by Gasteiger charge is -2.38. The number of imidazole rings is 1. The van der Waals surface area contributed by atoms with Crippen LogP contribution < -0.4 is 0 Å². The van der Waals surface area contributed by atoms with Gasteiger partial charge in [0.25, 0.3) is 0 Å². The maximum Gasteiger partial charge on any atom is 0.0955 e. The van der Waals surface area contributed by atoms with Crippen molar-refractivity contribution in [2.24, 2.45) is 7.05 Å². The molecule has 0 saturated carbocycles. The fourth-order valence-electron chi connectivity index (χ4n) is 4.35. The second-order valence-electron chi connectivity index (χ2n) is 8.44. The highest BCUT2D eigenvalue weighted by Crippen LogP contribution is 2.31. The largest absolute Gasteiger partial charge is 0.372 e. The number of allylic oxidation sites excluding steroid dienone is 1. The molecular weight excluding hydrogens is 418 g/mol. The molecule has 2 aromatic carbocycles. The Morgan fingerprint density at radius 2 is 1.69 bits per heavy atom. The molecule has 0 atom stereocenters. The SMILES string of the molecule is C=C(C)N1CCN(C(=C)c2ccc3c(Cl)cc(-c4ccc5c(c4)ncn5C)nc3c2)CC1. The number of fused-ring (bicyclic) bond motifs is 2. The molecular formula is C26H26ClN5. The molecule has 1 saturated heterocycles. The van der Waals surface area contributed by atoms with Gasteiger partial charge in [-0.2, -0.15) is 0 Å². The van der Waals surface area contributed by atoms with E-state index in [-0.39, 0.29) is 0 Å². The van der Waals surface area contributed by atoms with Gasteiger partial charge in [-0.3, -0.25) is 0 Å². The van der Waals surface area contributed by atoms with E-state index < -0.39 is 0 Å². The number of benzene rings is 2. The van der Waals surface area contributed by atoms with Crippen LogP contribution in [0.15, 0.2) is 67.6 Å². The van der Waals surface area contributed by atoms with Crippen LogP contribution in [0.3, 0.4) is 0 Å². The molecule has 2 aromatic heterocycles. The molecule has 0 radical (unpaired) electrons. The van der Waals surface area contributed by atoms with Gasteiger partial charge in [-0.15, -0.1) is 0 Å². The molecule has 3 heterocycles. The molecule has 1 fully saturated rings. The van der Waals surface area contributed by atoms with Crippen LogP contribution in [-0.2, 0) is 7.05 Å². The molecule has 0 amide bonds. The standard InChI is InChI=1S/C26H26ClN5/c1-17(2)31-9-11-32(12-10-31)18(3)19-5-7-21-22(27)15-23(29-24(21)13-19)20-6-8-26-25(14-20)28-16-30(26)4/h5-8,13-16H,1,3,9-12H2,2,4H3. The minimum Gasteiger partial charge on any atom is -0.372 e. The Bertz CT molecular complexity index is 1360. The second-order valence-corrected chi connectivity index (χ2v) is 8.84. The van der Waals surface area contributed by atoms with Crippen molar-refractivity contribution in [2.45, 2.75) is 6.92 Å². The van der Waals surface area contributed by atoms with Crippen LogP contribution in [0.4, 0.5) is 0 Å². The van der Waals surface area contributed by atoms with Crippen LogP contribution >= 0.6 is 11.6 Å². The Kier molecular flexibility index (Phi) is 5.14. The van der Waals surface area contributed by atoms with Crippen molar-refractivity contribution in [3.8, 4) is 11.3 Å². The van der Waals surface area contributed by atoms with Crippen molar-refractivity contribution in [1.82, 2.24) is 24.3 Å². The number of nitrogens with zero attached hydrogens (tertiary/aromatic N) is 5. The van der Waals surface area contributed by atoms with Crippen LogP contribution in [0.2, 0.25) is 5.02 Å². The van der Waals surface area contributed by atoms with E-state index in [4.69, 9.17) is 16.6 Å². The summed E-state index contributed by atoms with van der Waals surface area (Å²) in [6.07, 6.45) is 1.82. The first kappa shape index (κ1) is 20.6. The minimum atomic E-state index is 0.693. The van der Waals surface area contributed by atoms with Gasteiger partial charge in [0.05, 0.1) is 33.6 Å². The van der Waals surface area contributed by atoms with Crippen LogP contribution in [0, 0.1) is 0 Å². The Morgan fingerprint density at radius 1 is 0.938 bits per heavy atom. The molecule has 1 aliphatic rings. The minimum absolute atomic E-state index is 0.693. The maximum atomic E-state index is 6.65. The van der Waals surface area contributed by atoms with Gasteiger partial charge in [-0.1, -0.05) is 43.0 Å². The zero-order valence-electron chi connectivity index (χ0n) is 18.5. The van der Waals surface area contributed by atoms with Crippen molar-refractivity contribution in [2.75, 3.05) is 26.2 Å². The van der Waals surface area contributed by atoms with Gasteiger partial charge in [0, 0.05) is 55.6 Å². The lowest BCUT2D eigenvalue weighted by Crippen LogP contribution is -2.44. The van der Waals surface area contributed by atoms with Crippen LogP contribution in [-0.4, -0.2) is 50.5 Å². The number of pyridine rings is 1. The fraction of sp³-hybridized carbons (Fsp3) is 0.231. The number of aromatic nitrogens is 3. The highest BCUT2D eigenvalue weighted by molar-refractivity contribution is 6.35. The smallest absolute Gasteiger partial charge is 0.0955 e. The number of piperazine rings is 1. The Hall–Kier alpha value is -3.31. The predicted molar refractivity (Wildman–Crippen MR) is 133 cm³/mol. The molecule has 0 spiro atoms. The van der Waals surface area contributed by atoms with Gasteiger partial charge in [-0.25, -0.2) is 9.97 Å². The molecule has 5 nitrogen and oxygen atoms in total. The first-order valence-electron chi connectivity index (χ1n) is 10.8. The molecule has 0 bridgehead atoms. The zero-order valence-corrected chi connectivity index (χ0v) is 19.2. The molecule has 162 valence electrons. The normalized spacial score (nSPS) is 14.3. The molecule has 32 heavy (non-hydrogen) atoms. The highest BCUT2D eigenvalue weighted by Gasteiger charge is 2.19. The zero-order chi connectivity index (χ0) is 22.4. The van der Waals surface area contributed by atoms with Crippen LogP contribution in [0.25, 0.3) is 38.9 Å². The van der Waals surface area contributed by atoms with E-state index in [0.717, 1.165) is 76.3 Å². The Balaban J connectivity index is 1.47. The van der Waals surface area contributed by atoms with Crippen molar-refractivity contribution >= 4 is 39.2 Å². The van der Waals surface area contributed by atoms with Crippen molar-refractivity contribution in [1.29, 1.82) is 0 Å². The lowest BCUT2D eigenvalue weighted by molar-refractivity contribution is 0.215. The van der Waals surface area contributed by atoms with E-state index in [1.165, 1.54) is 0 Å². The summed E-state index contributed by atoms with van der Waals surface area (Å²) >= 11 is 6.65. The van der Waals surface area contributed by atoms with Crippen molar-refractivity contribution < 1.29 is 0 Å². The number of rotatable bonds is 4. The topological polar surface area (TPSA) is 37.2 Å². The number of hydrogen-bond donors (Lipinski definition) is 0. The number of aryl methyl sites for hydroxylation is 1. The first-order chi connectivity index (χ1) is 15.4. The molecule has 0 aliphatic carbocycles. The van der Waals surface area contributed by atoms with Gasteiger partial charge < -0.3 is 14.4 Å². The van der Waals surface area contributed by atoms with Gasteiger partial charge >= 0.3 is 0 Å². The van der Waals surface area contributed by atoms with Crippen molar-refractivity contribution in [3.63, 3.8) is 0 Å². The summed E-state index contributed by atoms with van der Waals surface area (Å²) in [6.45, 7) is 14.3. The average molecular weight is 444 g/mol. The van der Waals surface area contributed by atoms with Gasteiger partial charge in [0.15, 0.2) is 0 Å². The first-order valence-corrected chi connectivity index (χ1v) is 11.1. The molecule has 4 aromatic rings. The second kappa shape index (κ2) is 7.99. The third-order valence-electron chi connectivity index (χ3n) is 6.32. The van der Waals surface area contributed by atoms with E-state index in [9.17, 15) is 0 Å². The average Bonchev–Trinajstić information content (AvgIpc) is 3.18. The maximum absolute atomic E-state index is 6.65. The van der Waals surface area contributed by atoms with Crippen molar-refractivity contribution in [3.05, 3.63) is 78.2 Å². The summed E-state index contributed by atoms with van der Waals surface area (Å²) in [5, 5.41) is 1.64. The molecule has 6 heteroatoms. The highest BCUT2D eigenvalue weighted by atomic mass is 35.5. The van der Waals surface area contributed by atoms with E-state index >= 15 is 0 Å². The van der Waals surface area contributed by atoms with Crippen LogP contribution in [0.5, 0.6) is 0 Å². The summed E-state index contributed by atoms with van der Waals surface area (Å²) in [5.41, 5.74) is 7.95. The third kappa shape index (κ3) is 3.63. The van der Waals surface area contributed by atoms with Crippen LogP contribution in [0.1, 0.15) is 12.5 Å². The quantitative estimate of drug-likeness (QED) is 0.413. The summed E-state index contributed by atoms with van der Waals surface area (Å²) < 4.78 is 2.01. The summed E-state index contributed by atoms with van der Waals surface area (Å²) in [7, 11) is 1.99. The van der Waals surface area contributed by atoms with Gasteiger partial charge in [0.2, 0.25) is 0 Å². The van der Waals surface area contributed by atoms with E-state index in [1.54, 1.807) is 0 Å². The molecule has 1 aliphatic heterocycles. The van der Waals surface area contributed by atoms with E-state index in [2.05, 4.69) is 65.2 Å². The summed E-state index contributed by atoms with van der Waals surface area (Å²) in [6, 6.07) is 14.4. The van der Waals surface area contributed by atoms with Gasteiger partial charge in [-0.05, 0) is 36.8 Å². The van der Waals surface area contributed by atoms with Gasteiger partial charge in [0.1, 0.15) is 0 Å². The monoisotopic (exact) mass is 443 g/mol. The molecule has 5 rings (SSSR count). The Morgan fingerprint density at radius 3 is 2.44 bits per heavy atom. The lowest BCUT2D eigenvalue weighted by atomic mass is 10.1. The summed E-state index contributed by atoms with van der Waals surface area (Å²) in [5.74, 6) is 0. The fourth-order valence-corrected chi connectivity index (χ4v) is 4.61. The van der Waals surface area contributed by atoms with E-state index in [0.29, 0.717) is 5.02 Å². The summed E-state index contributed by atoms with van der Waals surface area (Å²) in [4.78, 5) is 14.1.